The van der Waals surface area contributed by atoms with E-state index in [-0.39, 0.29) is 5.41 Å². The molecule has 25 aromatic rings. The molecule has 6 heterocycles. The van der Waals surface area contributed by atoms with E-state index in [1.807, 2.05) is 140 Å². The van der Waals surface area contributed by atoms with Gasteiger partial charge in [0.25, 0.3) is 0 Å². The van der Waals surface area contributed by atoms with Crippen LogP contribution in [0.3, 0.4) is 0 Å². The van der Waals surface area contributed by atoms with Gasteiger partial charge in [0.15, 0.2) is 54.7 Å². The molecule has 0 spiro atoms. The number of benzene rings is 19. The highest BCUT2D eigenvalue weighted by atomic mass is 28.3. The maximum absolute atomic E-state index is 5.27. The van der Waals surface area contributed by atoms with Gasteiger partial charge in [-0.3, -0.25) is 4.57 Å². The van der Waals surface area contributed by atoms with Gasteiger partial charge in [0.1, 0.15) is 0 Å². The summed E-state index contributed by atoms with van der Waals surface area (Å²) in [6.07, 6.45) is 0. The number of fused-ring (bicyclic) bond motifs is 12. The monoisotopic (exact) mass is 1800 g/mol. The van der Waals surface area contributed by atoms with Crippen LogP contribution in [0, 0.1) is 0 Å². The average Bonchev–Trinajstić information content (AvgIpc) is 1.74. The molecule has 0 radical (unpaired) electrons. The molecule has 19 aromatic carbocycles. The van der Waals surface area contributed by atoms with Crippen LogP contribution in [0.2, 0.25) is 0 Å². The molecule has 0 aliphatic heterocycles. The topological polar surface area (TPSA) is 131 Å². The van der Waals surface area contributed by atoms with Gasteiger partial charge in [-0.2, -0.15) is 9.97 Å². The lowest BCUT2D eigenvalue weighted by molar-refractivity contribution is 0.660. The predicted octanol–water partition coefficient (Wildman–Crippen LogP) is 27.6. The highest BCUT2D eigenvalue weighted by molar-refractivity contribution is 7.20. The first-order valence-corrected chi connectivity index (χ1v) is 49.0. The van der Waals surface area contributed by atoms with Crippen molar-refractivity contribution in [3.8, 4) is 131 Å². The van der Waals surface area contributed by atoms with Gasteiger partial charge in [0.2, 0.25) is 5.95 Å². The molecule has 139 heavy (non-hydrogen) atoms. The number of hydrogen-bond acceptors (Lipinski definition) is 9. The van der Waals surface area contributed by atoms with Gasteiger partial charge in [-0.1, -0.05) is 426 Å². The molecule has 0 N–H and O–H groups in total. The van der Waals surface area contributed by atoms with E-state index in [9.17, 15) is 0 Å². The van der Waals surface area contributed by atoms with E-state index in [4.69, 9.17) is 44.9 Å². The molecule has 0 fully saturated rings. The van der Waals surface area contributed by atoms with Gasteiger partial charge in [0, 0.05) is 93.6 Å². The fourth-order valence-corrected chi connectivity index (χ4v) is 25.1. The Balaban J connectivity index is 0.000000115. The van der Waals surface area contributed by atoms with Crippen LogP contribution < -0.4 is 20.7 Å². The van der Waals surface area contributed by atoms with Gasteiger partial charge in [-0.05, 0) is 139 Å². The second kappa shape index (κ2) is 36.0. The van der Waals surface area contributed by atoms with E-state index >= 15 is 0 Å². The normalized spacial score (nSPS) is 12.0. The van der Waals surface area contributed by atoms with Gasteiger partial charge in [0.05, 0.1) is 33.1 Å². The third-order valence-electron chi connectivity index (χ3n) is 26.9. The molecule has 0 amide bonds. The quantitative estimate of drug-likeness (QED) is 0.0685. The zero-order valence-corrected chi connectivity index (χ0v) is 77.2. The minimum absolute atomic E-state index is 0.0100. The Bertz CT molecular complexity index is 8570. The number of rotatable bonds is 16. The highest BCUT2D eigenvalue weighted by Gasteiger charge is 2.42. The second-order valence-corrected chi connectivity index (χ2v) is 39.3. The standard InChI is InChI=1S/C48H34N4.C45H32N4Si.C33H22N4/c1-48(2)41-22-11-9-20-37(41)39-29-33(24-26-42(39)48)34-25-27-44-40(30-34)38-21-10-12-23-43(38)52(44)36-19-13-18-35(28-36)47-50-45(31-14-5-3-6-15-31)49-46(51-47)32-16-7-4-8-17-32;1-5-18-33(19-6-1)43-46-44(48-45(47-43)49-41-30-15-13-28-39(41)40-29-14-16-31-42(40)49)34-20-17-27-38(32-34)50(35-21-7-2-8-22-35,36-23-9-3-10-24-36)37-25-11-4-12-26-37;1-3-11-23(12-4-1)31-34-32(24-13-5-2-6-14-24)36-33(35-31)25-19-21-26(22-20-25)37-29-17-9-7-15-27(29)28-16-8-10-18-30(28)37/h3-30H,1-2H3;1-32H;1-22H. The summed E-state index contributed by atoms with van der Waals surface area (Å²) in [4.78, 5) is 45.0. The highest BCUT2D eigenvalue weighted by Crippen LogP contribution is 2.50. The maximum Gasteiger partial charge on any atom is 0.238 e. The Morgan fingerprint density at radius 1 is 0.173 bits per heavy atom. The SMILES string of the molecule is CC1(C)c2ccccc2-c2cc(-c3ccc4c(c3)c3ccccc3n4-c3cccc(-c4nc(-c5ccccc5)nc(-c5ccccc5)n4)c3)ccc21.c1ccc(-c2nc(-c3cccc([Si](c4ccccc4)(c4ccccc4)c4ccccc4)c3)nc(-n3c4ccccc4c4ccccc43)n2)cc1.c1ccc(-c2nc(-c3ccccc3)nc(-c3ccc(-n4c5ccccc5c5ccccc54)cc3)n2)cc1. The molecule has 0 atom stereocenters. The first-order valence-electron chi connectivity index (χ1n) is 47.0. The molecule has 26 rings (SSSR count). The fourth-order valence-electron chi connectivity index (χ4n) is 20.4. The van der Waals surface area contributed by atoms with Crippen molar-refractivity contribution in [3.63, 3.8) is 0 Å². The number of para-hydroxylation sites is 5. The lowest BCUT2D eigenvalue weighted by Gasteiger charge is -2.34. The van der Waals surface area contributed by atoms with Gasteiger partial charge < -0.3 is 9.13 Å². The van der Waals surface area contributed by atoms with Crippen LogP contribution in [0.15, 0.2) is 497 Å². The smallest absolute Gasteiger partial charge is 0.238 e. The number of nitrogens with zero attached hydrogens (tertiary/aromatic N) is 12. The molecule has 13 heteroatoms. The Morgan fingerprint density at radius 2 is 0.453 bits per heavy atom. The minimum atomic E-state index is -2.76. The van der Waals surface area contributed by atoms with E-state index in [0.717, 1.165) is 88.7 Å². The summed E-state index contributed by atoms with van der Waals surface area (Å²) >= 11 is 0. The van der Waals surface area contributed by atoms with Crippen LogP contribution in [-0.2, 0) is 5.41 Å². The van der Waals surface area contributed by atoms with Crippen molar-refractivity contribution >= 4 is 94.2 Å². The van der Waals surface area contributed by atoms with Crippen LogP contribution in [0.1, 0.15) is 25.0 Å². The summed E-state index contributed by atoms with van der Waals surface area (Å²) in [6.45, 7) is 4.66. The molecule has 12 nitrogen and oxygen atoms in total. The third-order valence-corrected chi connectivity index (χ3v) is 31.7. The van der Waals surface area contributed by atoms with Crippen molar-refractivity contribution in [3.05, 3.63) is 509 Å². The lowest BCUT2D eigenvalue weighted by Crippen LogP contribution is -2.74. The van der Waals surface area contributed by atoms with Gasteiger partial charge in [-0.15, -0.1) is 0 Å². The third kappa shape index (κ3) is 15.5. The van der Waals surface area contributed by atoms with Crippen molar-refractivity contribution in [2.45, 2.75) is 19.3 Å². The summed E-state index contributed by atoms with van der Waals surface area (Å²) in [5.74, 6) is 5.78. The Kier molecular flexibility index (Phi) is 21.7. The van der Waals surface area contributed by atoms with E-state index in [0.29, 0.717) is 52.5 Å². The maximum atomic E-state index is 5.27. The lowest BCUT2D eigenvalue weighted by atomic mass is 9.82. The van der Waals surface area contributed by atoms with Crippen LogP contribution in [0.25, 0.3) is 196 Å². The predicted molar refractivity (Wildman–Crippen MR) is 573 cm³/mol. The summed E-state index contributed by atoms with van der Waals surface area (Å²) in [6, 6.07) is 175. The van der Waals surface area contributed by atoms with E-state index < -0.39 is 8.07 Å². The second-order valence-electron chi connectivity index (χ2n) is 35.5. The van der Waals surface area contributed by atoms with E-state index in [1.165, 1.54) is 86.7 Å². The molecule has 0 bridgehead atoms. The number of hydrogen-bond donors (Lipinski definition) is 0. The van der Waals surface area contributed by atoms with Crippen molar-refractivity contribution < 1.29 is 0 Å². The summed E-state index contributed by atoms with van der Waals surface area (Å²) < 4.78 is 6.84. The van der Waals surface area contributed by atoms with Gasteiger partial charge in [-0.25, -0.2) is 34.9 Å². The van der Waals surface area contributed by atoms with E-state index in [1.54, 1.807) is 0 Å². The Morgan fingerprint density at radius 3 is 0.885 bits per heavy atom. The van der Waals surface area contributed by atoms with Crippen LogP contribution in [0.5, 0.6) is 0 Å². The molecular formula is C126H88N12Si. The summed E-state index contributed by atoms with van der Waals surface area (Å²) in [7, 11) is -2.76. The molecule has 656 valence electrons. The Labute approximate surface area is 805 Å². The molecular weight excluding hydrogens is 1710 g/mol. The van der Waals surface area contributed by atoms with Crippen molar-refractivity contribution in [1.29, 1.82) is 0 Å². The molecule has 0 unspecified atom stereocenters. The minimum Gasteiger partial charge on any atom is -0.309 e. The van der Waals surface area contributed by atoms with Crippen LogP contribution >= 0.6 is 0 Å². The first-order chi connectivity index (χ1) is 68.7. The van der Waals surface area contributed by atoms with Crippen molar-refractivity contribution in [2.24, 2.45) is 0 Å². The fraction of sp³-hybridized carbons (Fsp3) is 0.0238. The summed E-state index contributed by atoms with van der Waals surface area (Å²) in [5, 5.41) is 12.5. The number of aromatic nitrogens is 12. The zero-order chi connectivity index (χ0) is 92.8. The molecule has 0 saturated heterocycles. The molecule has 0 saturated carbocycles. The van der Waals surface area contributed by atoms with Gasteiger partial charge >= 0.3 is 0 Å². The zero-order valence-electron chi connectivity index (χ0n) is 76.2. The average molecular weight is 1800 g/mol. The van der Waals surface area contributed by atoms with Crippen LogP contribution in [0.4, 0.5) is 0 Å². The largest absolute Gasteiger partial charge is 0.309 e. The van der Waals surface area contributed by atoms with Crippen LogP contribution in [-0.4, -0.2) is 66.6 Å². The van der Waals surface area contributed by atoms with Crippen molar-refractivity contribution in [2.75, 3.05) is 0 Å². The van der Waals surface area contributed by atoms with Crippen molar-refractivity contribution in [1.82, 2.24) is 58.6 Å². The Hall–Kier alpha value is -18.2. The van der Waals surface area contributed by atoms with E-state index in [2.05, 4.69) is 385 Å². The molecule has 1 aliphatic carbocycles. The summed E-state index contributed by atoms with van der Waals surface area (Å²) in [5.41, 5.74) is 24.4. The molecule has 1 aliphatic rings. The molecule has 6 aromatic heterocycles. The first kappa shape index (κ1) is 83.9.